The lowest BCUT2D eigenvalue weighted by molar-refractivity contribution is 0.380. The first-order valence-corrected chi connectivity index (χ1v) is 7.11. The van der Waals surface area contributed by atoms with Crippen molar-refractivity contribution in [2.45, 2.75) is 45.1 Å². The molecule has 1 N–H and O–H groups in total. The Hall–Kier alpha value is -0.830. The van der Waals surface area contributed by atoms with Gasteiger partial charge in [0.2, 0.25) is 0 Å². The molecule has 3 heteroatoms. The molecule has 0 aliphatic heterocycles. The Kier molecular flexibility index (Phi) is 4.60. The van der Waals surface area contributed by atoms with Crippen LogP contribution in [0.4, 0.5) is 0 Å². The standard InChI is InChI=1S/C14H19BrN2/c1-11(13-9-5-6-10-14(13)15)16-17-12-7-3-2-4-8-12/h5-6,9-10,12,17H,2-4,7-8H2,1H3/b16-11+. The van der Waals surface area contributed by atoms with Crippen LogP contribution >= 0.6 is 15.9 Å². The number of hydrogen-bond acceptors (Lipinski definition) is 2. The molecule has 92 valence electrons. The second kappa shape index (κ2) is 6.20. The fraction of sp³-hybridized carbons (Fsp3) is 0.500. The van der Waals surface area contributed by atoms with Crippen molar-refractivity contribution in [3.05, 3.63) is 34.3 Å². The molecule has 0 aromatic heterocycles. The van der Waals surface area contributed by atoms with E-state index in [4.69, 9.17) is 0 Å². The number of nitrogens with one attached hydrogen (secondary N) is 1. The van der Waals surface area contributed by atoms with Crippen LogP contribution in [0, 0.1) is 0 Å². The summed E-state index contributed by atoms with van der Waals surface area (Å²) in [7, 11) is 0. The number of halogens is 1. The highest BCUT2D eigenvalue weighted by molar-refractivity contribution is 9.10. The molecule has 1 aromatic rings. The first kappa shape index (κ1) is 12.6. The van der Waals surface area contributed by atoms with Gasteiger partial charge in [-0.3, -0.25) is 0 Å². The molecule has 0 heterocycles. The van der Waals surface area contributed by atoms with Gasteiger partial charge >= 0.3 is 0 Å². The van der Waals surface area contributed by atoms with Crippen LogP contribution in [-0.4, -0.2) is 11.8 Å². The molecule has 0 bridgehead atoms. The zero-order valence-electron chi connectivity index (χ0n) is 10.2. The fourth-order valence-electron chi connectivity index (χ4n) is 2.23. The second-order valence-corrected chi connectivity index (χ2v) is 5.50. The lowest BCUT2D eigenvalue weighted by Gasteiger charge is -2.21. The Morgan fingerprint density at radius 1 is 1.24 bits per heavy atom. The van der Waals surface area contributed by atoms with Gasteiger partial charge in [0.15, 0.2) is 0 Å². The van der Waals surface area contributed by atoms with Gasteiger partial charge in [-0.15, -0.1) is 0 Å². The molecular weight excluding hydrogens is 276 g/mol. The van der Waals surface area contributed by atoms with Crippen LogP contribution in [0.5, 0.6) is 0 Å². The highest BCUT2D eigenvalue weighted by Gasteiger charge is 2.12. The molecule has 2 rings (SSSR count). The van der Waals surface area contributed by atoms with E-state index in [1.807, 2.05) is 12.1 Å². The molecule has 1 aliphatic carbocycles. The normalized spacial score (nSPS) is 18.1. The number of nitrogens with zero attached hydrogens (tertiary/aromatic N) is 1. The molecule has 1 fully saturated rings. The van der Waals surface area contributed by atoms with E-state index in [0.717, 1.165) is 15.7 Å². The highest BCUT2D eigenvalue weighted by atomic mass is 79.9. The first-order valence-electron chi connectivity index (χ1n) is 6.32. The molecule has 1 aromatic carbocycles. The van der Waals surface area contributed by atoms with E-state index in [9.17, 15) is 0 Å². The lowest BCUT2D eigenvalue weighted by atomic mass is 9.96. The Balaban J connectivity index is 1.99. The van der Waals surface area contributed by atoms with Gasteiger partial charge in [0.05, 0.1) is 5.71 Å². The van der Waals surface area contributed by atoms with E-state index < -0.39 is 0 Å². The van der Waals surface area contributed by atoms with Crippen molar-refractivity contribution in [3.8, 4) is 0 Å². The van der Waals surface area contributed by atoms with Gasteiger partial charge in [0, 0.05) is 16.1 Å². The van der Waals surface area contributed by atoms with Crippen molar-refractivity contribution >= 4 is 21.6 Å². The molecule has 0 spiro atoms. The largest absolute Gasteiger partial charge is 0.307 e. The average molecular weight is 295 g/mol. The van der Waals surface area contributed by atoms with Crippen molar-refractivity contribution in [2.75, 3.05) is 0 Å². The number of hydrazone groups is 1. The van der Waals surface area contributed by atoms with Crippen LogP contribution in [0.3, 0.4) is 0 Å². The van der Waals surface area contributed by atoms with E-state index >= 15 is 0 Å². The van der Waals surface area contributed by atoms with E-state index in [-0.39, 0.29) is 0 Å². The van der Waals surface area contributed by atoms with Crippen LogP contribution < -0.4 is 5.43 Å². The topological polar surface area (TPSA) is 24.4 Å². The van der Waals surface area contributed by atoms with Crippen molar-refractivity contribution in [3.63, 3.8) is 0 Å². The van der Waals surface area contributed by atoms with Crippen molar-refractivity contribution in [1.29, 1.82) is 0 Å². The number of benzene rings is 1. The van der Waals surface area contributed by atoms with E-state index in [2.05, 4.69) is 45.5 Å². The summed E-state index contributed by atoms with van der Waals surface area (Å²) < 4.78 is 1.10. The van der Waals surface area contributed by atoms with Crippen molar-refractivity contribution < 1.29 is 0 Å². The zero-order chi connectivity index (χ0) is 12.1. The van der Waals surface area contributed by atoms with Gasteiger partial charge in [-0.25, -0.2) is 0 Å². The summed E-state index contributed by atoms with van der Waals surface area (Å²) in [6.45, 7) is 2.05. The minimum atomic E-state index is 0.571. The third-order valence-corrected chi connectivity index (χ3v) is 3.98. The number of rotatable bonds is 3. The van der Waals surface area contributed by atoms with Crippen LogP contribution in [0.25, 0.3) is 0 Å². The van der Waals surface area contributed by atoms with E-state index in [0.29, 0.717) is 6.04 Å². The Morgan fingerprint density at radius 3 is 2.65 bits per heavy atom. The van der Waals surface area contributed by atoms with Crippen LogP contribution in [0.2, 0.25) is 0 Å². The third-order valence-electron chi connectivity index (χ3n) is 3.28. The Labute approximate surface area is 112 Å². The molecule has 1 saturated carbocycles. The van der Waals surface area contributed by atoms with E-state index in [1.165, 1.54) is 32.1 Å². The summed E-state index contributed by atoms with van der Waals surface area (Å²) >= 11 is 3.55. The predicted molar refractivity (Wildman–Crippen MR) is 76.4 cm³/mol. The summed E-state index contributed by atoms with van der Waals surface area (Å²) in [6, 6.07) is 8.77. The highest BCUT2D eigenvalue weighted by Crippen LogP contribution is 2.19. The maximum atomic E-state index is 4.52. The molecular formula is C14H19BrN2. The summed E-state index contributed by atoms with van der Waals surface area (Å²) in [4.78, 5) is 0. The predicted octanol–water partition coefficient (Wildman–Crippen LogP) is 4.10. The van der Waals surface area contributed by atoms with Gasteiger partial charge in [-0.05, 0) is 25.8 Å². The SMILES string of the molecule is C/C(=N\NC1CCCCC1)c1ccccc1Br. The molecule has 0 unspecified atom stereocenters. The van der Waals surface area contributed by atoms with Gasteiger partial charge < -0.3 is 5.43 Å². The minimum absolute atomic E-state index is 0.571. The molecule has 0 atom stereocenters. The summed E-state index contributed by atoms with van der Waals surface area (Å²) in [5.41, 5.74) is 5.52. The Morgan fingerprint density at radius 2 is 1.94 bits per heavy atom. The van der Waals surface area contributed by atoms with Crippen LogP contribution in [-0.2, 0) is 0 Å². The summed E-state index contributed by atoms with van der Waals surface area (Å²) in [6.07, 6.45) is 6.56. The Bertz CT molecular complexity index is 395. The maximum absolute atomic E-state index is 4.52. The molecule has 0 radical (unpaired) electrons. The second-order valence-electron chi connectivity index (χ2n) is 4.64. The zero-order valence-corrected chi connectivity index (χ0v) is 11.8. The molecule has 2 nitrogen and oxygen atoms in total. The molecule has 17 heavy (non-hydrogen) atoms. The monoisotopic (exact) mass is 294 g/mol. The first-order chi connectivity index (χ1) is 8.27. The van der Waals surface area contributed by atoms with Gasteiger partial charge in [0.1, 0.15) is 0 Å². The van der Waals surface area contributed by atoms with Crippen molar-refractivity contribution in [1.82, 2.24) is 5.43 Å². The van der Waals surface area contributed by atoms with Gasteiger partial charge in [-0.1, -0.05) is 53.4 Å². The number of hydrogen-bond donors (Lipinski definition) is 1. The molecule has 1 aliphatic rings. The fourth-order valence-corrected chi connectivity index (χ4v) is 2.81. The smallest absolute Gasteiger partial charge is 0.0655 e. The maximum Gasteiger partial charge on any atom is 0.0655 e. The van der Waals surface area contributed by atoms with E-state index in [1.54, 1.807) is 0 Å². The van der Waals surface area contributed by atoms with Crippen molar-refractivity contribution in [2.24, 2.45) is 5.10 Å². The van der Waals surface area contributed by atoms with Crippen LogP contribution in [0.15, 0.2) is 33.8 Å². The molecule has 0 amide bonds. The third kappa shape index (κ3) is 3.56. The minimum Gasteiger partial charge on any atom is -0.307 e. The van der Waals surface area contributed by atoms with Gasteiger partial charge in [-0.2, -0.15) is 5.10 Å². The molecule has 0 saturated heterocycles. The van der Waals surface area contributed by atoms with Gasteiger partial charge in [0.25, 0.3) is 0 Å². The lowest BCUT2D eigenvalue weighted by Crippen LogP contribution is -2.27. The summed E-state index contributed by atoms with van der Waals surface area (Å²) in [5, 5.41) is 4.52. The summed E-state index contributed by atoms with van der Waals surface area (Å²) in [5.74, 6) is 0. The average Bonchev–Trinajstić information content (AvgIpc) is 2.38. The van der Waals surface area contributed by atoms with Crippen LogP contribution in [0.1, 0.15) is 44.6 Å². The quantitative estimate of drug-likeness (QED) is 0.659.